The van der Waals surface area contributed by atoms with Crippen molar-refractivity contribution in [3.05, 3.63) is 24.3 Å². The van der Waals surface area contributed by atoms with Crippen LogP contribution in [0.2, 0.25) is 0 Å². The van der Waals surface area contributed by atoms with Crippen molar-refractivity contribution in [3.8, 4) is 11.5 Å². The van der Waals surface area contributed by atoms with E-state index < -0.39 is 0 Å². The van der Waals surface area contributed by atoms with Crippen LogP contribution >= 0.6 is 0 Å². The van der Waals surface area contributed by atoms with Crippen LogP contribution in [-0.2, 0) is 0 Å². The first-order valence-electron chi connectivity index (χ1n) is 5.72. The first-order valence-corrected chi connectivity index (χ1v) is 5.72. The lowest BCUT2D eigenvalue weighted by molar-refractivity contribution is 0.172. The molecule has 2 atom stereocenters. The molecule has 0 aliphatic heterocycles. The highest BCUT2D eigenvalue weighted by atomic mass is 16.5. The smallest absolute Gasteiger partial charge is 0.161 e. The zero-order valence-electron chi connectivity index (χ0n) is 10.5. The van der Waals surface area contributed by atoms with Gasteiger partial charge < -0.3 is 14.8 Å². The summed E-state index contributed by atoms with van der Waals surface area (Å²) in [5.41, 5.74) is 0. The number of likely N-dealkylation sites (N-methyl/N-ethyl adjacent to an activating group) is 1. The Morgan fingerprint density at radius 3 is 2.38 bits per heavy atom. The summed E-state index contributed by atoms with van der Waals surface area (Å²) in [6.45, 7) is 7.20. The van der Waals surface area contributed by atoms with E-state index in [1.807, 2.05) is 24.3 Å². The van der Waals surface area contributed by atoms with Gasteiger partial charge in [0.15, 0.2) is 11.5 Å². The molecular formula is C13H21NO2. The summed E-state index contributed by atoms with van der Waals surface area (Å²) in [6, 6.07) is 8.02. The Bertz CT molecular complexity index is 315. The second-order valence-corrected chi connectivity index (χ2v) is 3.82. The van der Waals surface area contributed by atoms with Gasteiger partial charge in [-0.3, -0.25) is 0 Å². The SMILES string of the molecule is CCNC(C)C(C)Oc1ccccc1OC. The molecule has 1 aromatic carbocycles. The molecule has 0 saturated carbocycles. The molecular weight excluding hydrogens is 202 g/mol. The number of benzene rings is 1. The summed E-state index contributed by atoms with van der Waals surface area (Å²) in [4.78, 5) is 0. The second kappa shape index (κ2) is 6.38. The molecule has 0 spiro atoms. The van der Waals surface area contributed by atoms with Crippen molar-refractivity contribution in [3.63, 3.8) is 0 Å². The second-order valence-electron chi connectivity index (χ2n) is 3.82. The van der Waals surface area contributed by atoms with Gasteiger partial charge in [0.1, 0.15) is 6.10 Å². The minimum atomic E-state index is 0.108. The highest BCUT2D eigenvalue weighted by Crippen LogP contribution is 2.27. The molecule has 0 bridgehead atoms. The molecule has 3 nitrogen and oxygen atoms in total. The lowest BCUT2D eigenvalue weighted by Crippen LogP contribution is -2.38. The van der Waals surface area contributed by atoms with Gasteiger partial charge in [0.25, 0.3) is 0 Å². The van der Waals surface area contributed by atoms with Gasteiger partial charge in [-0.25, -0.2) is 0 Å². The van der Waals surface area contributed by atoms with E-state index in [1.165, 1.54) is 0 Å². The largest absolute Gasteiger partial charge is 0.493 e. The van der Waals surface area contributed by atoms with E-state index in [0.717, 1.165) is 18.0 Å². The van der Waals surface area contributed by atoms with Crippen LogP contribution in [0, 0.1) is 0 Å². The maximum absolute atomic E-state index is 5.86. The minimum Gasteiger partial charge on any atom is -0.493 e. The van der Waals surface area contributed by atoms with Crippen LogP contribution in [0.4, 0.5) is 0 Å². The molecule has 0 saturated heterocycles. The van der Waals surface area contributed by atoms with E-state index in [4.69, 9.17) is 9.47 Å². The number of nitrogens with one attached hydrogen (secondary N) is 1. The Hall–Kier alpha value is -1.22. The molecule has 0 aliphatic carbocycles. The molecule has 0 fully saturated rings. The predicted octanol–water partition coefficient (Wildman–Crippen LogP) is 2.46. The summed E-state index contributed by atoms with van der Waals surface area (Å²) in [7, 11) is 1.65. The van der Waals surface area contributed by atoms with Crippen LogP contribution in [0.1, 0.15) is 20.8 Å². The van der Waals surface area contributed by atoms with Gasteiger partial charge in [0, 0.05) is 6.04 Å². The van der Waals surface area contributed by atoms with Gasteiger partial charge >= 0.3 is 0 Å². The predicted molar refractivity (Wildman–Crippen MR) is 66.2 cm³/mol. The van der Waals surface area contributed by atoms with E-state index in [0.29, 0.717) is 6.04 Å². The normalized spacial score (nSPS) is 14.2. The third-order valence-electron chi connectivity index (χ3n) is 2.61. The molecule has 3 heteroatoms. The number of para-hydroxylation sites is 2. The van der Waals surface area contributed by atoms with Crippen molar-refractivity contribution < 1.29 is 9.47 Å². The number of hydrogen-bond acceptors (Lipinski definition) is 3. The molecule has 16 heavy (non-hydrogen) atoms. The van der Waals surface area contributed by atoms with Crippen LogP contribution < -0.4 is 14.8 Å². The van der Waals surface area contributed by atoms with Gasteiger partial charge in [0.2, 0.25) is 0 Å². The van der Waals surface area contributed by atoms with Crippen molar-refractivity contribution in [2.24, 2.45) is 0 Å². The minimum absolute atomic E-state index is 0.108. The van der Waals surface area contributed by atoms with Gasteiger partial charge in [-0.2, -0.15) is 0 Å². The Morgan fingerprint density at radius 2 is 1.81 bits per heavy atom. The van der Waals surface area contributed by atoms with E-state index in [2.05, 4.69) is 26.1 Å². The van der Waals surface area contributed by atoms with Gasteiger partial charge in [-0.15, -0.1) is 0 Å². The zero-order valence-corrected chi connectivity index (χ0v) is 10.5. The van der Waals surface area contributed by atoms with Crippen LogP contribution in [0.5, 0.6) is 11.5 Å². The highest BCUT2D eigenvalue weighted by Gasteiger charge is 2.14. The first kappa shape index (κ1) is 12.8. The van der Waals surface area contributed by atoms with E-state index in [-0.39, 0.29) is 6.10 Å². The molecule has 0 amide bonds. The summed E-state index contributed by atoms with van der Waals surface area (Å²) in [5, 5.41) is 3.34. The van der Waals surface area contributed by atoms with Crippen molar-refractivity contribution in [1.29, 1.82) is 0 Å². The molecule has 90 valence electrons. The number of rotatable bonds is 6. The van der Waals surface area contributed by atoms with Gasteiger partial charge in [0.05, 0.1) is 7.11 Å². The van der Waals surface area contributed by atoms with E-state index in [9.17, 15) is 0 Å². The number of hydrogen-bond donors (Lipinski definition) is 1. The molecule has 2 unspecified atom stereocenters. The Kier molecular flexibility index (Phi) is 5.12. The third-order valence-corrected chi connectivity index (χ3v) is 2.61. The Labute approximate surface area is 97.8 Å². The monoisotopic (exact) mass is 223 g/mol. The standard InChI is InChI=1S/C13H21NO2/c1-5-14-10(2)11(3)16-13-9-7-6-8-12(13)15-4/h6-11,14H,5H2,1-4H3. The summed E-state index contributed by atoms with van der Waals surface area (Å²) in [5.74, 6) is 1.57. The quantitative estimate of drug-likeness (QED) is 0.803. The van der Waals surface area contributed by atoms with Crippen molar-refractivity contribution in [1.82, 2.24) is 5.32 Å². The zero-order chi connectivity index (χ0) is 12.0. The molecule has 0 heterocycles. The summed E-state index contributed by atoms with van der Waals surface area (Å²) >= 11 is 0. The molecule has 0 radical (unpaired) electrons. The summed E-state index contributed by atoms with van der Waals surface area (Å²) < 4.78 is 11.1. The maximum atomic E-state index is 5.86. The van der Waals surface area contributed by atoms with Crippen molar-refractivity contribution >= 4 is 0 Å². The molecule has 0 aliphatic rings. The maximum Gasteiger partial charge on any atom is 0.161 e. The first-order chi connectivity index (χ1) is 7.69. The Balaban J connectivity index is 2.64. The average Bonchev–Trinajstić information content (AvgIpc) is 2.30. The van der Waals surface area contributed by atoms with Crippen LogP contribution in [-0.4, -0.2) is 25.8 Å². The molecule has 1 aromatic rings. The van der Waals surface area contributed by atoms with Gasteiger partial charge in [-0.1, -0.05) is 19.1 Å². The van der Waals surface area contributed by atoms with E-state index in [1.54, 1.807) is 7.11 Å². The number of ether oxygens (including phenoxy) is 2. The lowest BCUT2D eigenvalue weighted by atomic mass is 10.2. The summed E-state index contributed by atoms with van der Waals surface area (Å²) in [6.07, 6.45) is 0.108. The highest BCUT2D eigenvalue weighted by molar-refractivity contribution is 5.39. The fourth-order valence-electron chi connectivity index (χ4n) is 1.51. The average molecular weight is 223 g/mol. The number of methoxy groups -OCH3 is 1. The topological polar surface area (TPSA) is 30.5 Å². The van der Waals surface area contributed by atoms with Crippen LogP contribution in [0.15, 0.2) is 24.3 Å². The Morgan fingerprint density at radius 1 is 1.19 bits per heavy atom. The third kappa shape index (κ3) is 3.42. The lowest BCUT2D eigenvalue weighted by Gasteiger charge is -2.23. The molecule has 1 N–H and O–H groups in total. The van der Waals surface area contributed by atoms with E-state index >= 15 is 0 Å². The van der Waals surface area contributed by atoms with Crippen molar-refractivity contribution in [2.75, 3.05) is 13.7 Å². The van der Waals surface area contributed by atoms with Gasteiger partial charge in [-0.05, 0) is 32.5 Å². The fourth-order valence-corrected chi connectivity index (χ4v) is 1.51. The van der Waals surface area contributed by atoms with Crippen molar-refractivity contribution in [2.45, 2.75) is 32.9 Å². The fraction of sp³-hybridized carbons (Fsp3) is 0.538. The van der Waals surface area contributed by atoms with Crippen LogP contribution in [0.3, 0.4) is 0 Å². The molecule has 1 rings (SSSR count). The van der Waals surface area contributed by atoms with Crippen LogP contribution in [0.25, 0.3) is 0 Å². The molecule has 0 aromatic heterocycles.